The lowest BCUT2D eigenvalue weighted by atomic mass is 10.1. The van der Waals surface area contributed by atoms with E-state index in [0.717, 1.165) is 11.4 Å². The van der Waals surface area contributed by atoms with Crippen LogP contribution in [0.25, 0.3) is 0 Å². The van der Waals surface area contributed by atoms with Crippen molar-refractivity contribution in [1.82, 2.24) is 14.9 Å². The van der Waals surface area contributed by atoms with Crippen molar-refractivity contribution in [3.8, 4) is 0 Å². The van der Waals surface area contributed by atoms with E-state index in [1.165, 1.54) is 16.7 Å². The molecule has 3 aromatic rings. The Bertz CT molecular complexity index is 973. The van der Waals surface area contributed by atoms with Gasteiger partial charge in [-0.2, -0.15) is 4.98 Å². The zero-order valence-corrected chi connectivity index (χ0v) is 16.9. The topological polar surface area (TPSA) is 70.2 Å². The van der Waals surface area contributed by atoms with Crippen molar-refractivity contribution in [2.24, 2.45) is 0 Å². The highest BCUT2D eigenvalue weighted by Crippen LogP contribution is 2.25. The maximum Gasteiger partial charge on any atom is 0.253 e. The third kappa shape index (κ3) is 4.46. The van der Waals surface area contributed by atoms with Gasteiger partial charge in [0.2, 0.25) is 5.95 Å². The smallest absolute Gasteiger partial charge is 0.253 e. The Labute approximate surface area is 165 Å². The molecule has 0 aliphatic carbocycles. The van der Waals surface area contributed by atoms with Crippen molar-refractivity contribution >= 4 is 29.0 Å². The summed E-state index contributed by atoms with van der Waals surface area (Å²) in [6.07, 6.45) is 1.71. The molecule has 0 saturated heterocycles. The van der Waals surface area contributed by atoms with Crippen molar-refractivity contribution in [3.05, 3.63) is 70.9 Å². The van der Waals surface area contributed by atoms with E-state index in [-0.39, 0.29) is 5.91 Å². The molecule has 0 bridgehead atoms. The highest BCUT2D eigenvalue weighted by Gasteiger charge is 2.09. The van der Waals surface area contributed by atoms with Crippen LogP contribution in [0, 0.1) is 20.8 Å². The van der Waals surface area contributed by atoms with Crippen LogP contribution in [0.3, 0.4) is 0 Å². The van der Waals surface area contributed by atoms with Gasteiger partial charge in [0, 0.05) is 37.2 Å². The highest BCUT2D eigenvalue weighted by atomic mass is 16.2. The number of nitrogens with one attached hydrogen (secondary N) is 2. The van der Waals surface area contributed by atoms with E-state index in [1.807, 2.05) is 18.2 Å². The molecular formula is C22H25N5O. The second-order valence-electron chi connectivity index (χ2n) is 7.07. The SMILES string of the molecule is Cc1cc(C)c(Nc2ccnc(Nc3ccc(C(=O)N(C)C)cc3)n2)c(C)c1. The van der Waals surface area contributed by atoms with Crippen LogP contribution in [0.4, 0.5) is 23.1 Å². The number of carbonyl (C=O) groups excluding carboxylic acids is 1. The number of nitrogens with zero attached hydrogens (tertiary/aromatic N) is 3. The second-order valence-corrected chi connectivity index (χ2v) is 7.07. The summed E-state index contributed by atoms with van der Waals surface area (Å²) < 4.78 is 0. The minimum atomic E-state index is -0.0298. The van der Waals surface area contributed by atoms with Crippen LogP contribution in [0.1, 0.15) is 27.0 Å². The summed E-state index contributed by atoms with van der Waals surface area (Å²) in [5.41, 5.74) is 6.09. The molecule has 0 aliphatic heterocycles. The van der Waals surface area contributed by atoms with Crippen LogP contribution < -0.4 is 10.6 Å². The van der Waals surface area contributed by atoms with E-state index < -0.39 is 0 Å². The Kier molecular flexibility index (Phi) is 5.59. The minimum Gasteiger partial charge on any atom is -0.345 e. The van der Waals surface area contributed by atoms with Crippen LogP contribution in [0.2, 0.25) is 0 Å². The molecule has 0 saturated carbocycles. The number of anilines is 4. The van der Waals surface area contributed by atoms with E-state index in [9.17, 15) is 4.79 Å². The Balaban J connectivity index is 1.76. The van der Waals surface area contributed by atoms with Gasteiger partial charge in [0.05, 0.1) is 0 Å². The molecule has 6 heteroatoms. The number of rotatable bonds is 5. The van der Waals surface area contributed by atoms with Gasteiger partial charge in [0.25, 0.3) is 5.91 Å². The number of carbonyl (C=O) groups is 1. The van der Waals surface area contributed by atoms with Gasteiger partial charge in [-0.15, -0.1) is 0 Å². The number of aryl methyl sites for hydroxylation is 3. The van der Waals surface area contributed by atoms with E-state index in [4.69, 9.17) is 0 Å². The van der Waals surface area contributed by atoms with Gasteiger partial charge in [0.1, 0.15) is 5.82 Å². The highest BCUT2D eigenvalue weighted by molar-refractivity contribution is 5.94. The first-order valence-corrected chi connectivity index (χ1v) is 9.10. The first-order valence-electron chi connectivity index (χ1n) is 9.10. The molecule has 0 unspecified atom stereocenters. The Morgan fingerprint density at radius 2 is 1.57 bits per heavy atom. The van der Waals surface area contributed by atoms with E-state index in [0.29, 0.717) is 17.3 Å². The third-order valence-electron chi connectivity index (χ3n) is 4.38. The average Bonchev–Trinajstić information content (AvgIpc) is 2.65. The molecule has 0 fully saturated rings. The molecule has 1 amide bonds. The van der Waals surface area contributed by atoms with Crippen LogP contribution in [0.5, 0.6) is 0 Å². The number of hydrogen-bond acceptors (Lipinski definition) is 5. The summed E-state index contributed by atoms with van der Waals surface area (Å²) in [6, 6.07) is 13.4. The lowest BCUT2D eigenvalue weighted by molar-refractivity contribution is 0.0827. The summed E-state index contributed by atoms with van der Waals surface area (Å²) >= 11 is 0. The molecule has 1 heterocycles. The third-order valence-corrected chi connectivity index (χ3v) is 4.38. The summed E-state index contributed by atoms with van der Waals surface area (Å²) in [4.78, 5) is 22.4. The maximum absolute atomic E-state index is 12.0. The lowest BCUT2D eigenvalue weighted by Gasteiger charge is -2.14. The predicted octanol–water partition coefficient (Wildman–Crippen LogP) is 4.59. The molecule has 2 N–H and O–H groups in total. The van der Waals surface area contributed by atoms with Crippen LogP contribution in [-0.4, -0.2) is 34.9 Å². The van der Waals surface area contributed by atoms with Gasteiger partial charge in [-0.05, 0) is 62.2 Å². The molecule has 144 valence electrons. The molecule has 0 aliphatic rings. The quantitative estimate of drug-likeness (QED) is 0.682. The largest absolute Gasteiger partial charge is 0.345 e. The van der Waals surface area contributed by atoms with Crippen molar-refractivity contribution < 1.29 is 4.79 Å². The van der Waals surface area contributed by atoms with Gasteiger partial charge in [0.15, 0.2) is 0 Å². The van der Waals surface area contributed by atoms with Gasteiger partial charge >= 0.3 is 0 Å². The molecule has 6 nitrogen and oxygen atoms in total. The molecule has 3 rings (SSSR count). The summed E-state index contributed by atoms with van der Waals surface area (Å²) in [7, 11) is 3.47. The first kappa shape index (κ1) is 19.4. The fourth-order valence-electron chi connectivity index (χ4n) is 3.08. The summed E-state index contributed by atoms with van der Waals surface area (Å²) in [6.45, 7) is 6.26. The zero-order chi connectivity index (χ0) is 20.3. The van der Waals surface area contributed by atoms with E-state index in [1.54, 1.807) is 37.3 Å². The van der Waals surface area contributed by atoms with Gasteiger partial charge in [-0.1, -0.05) is 17.7 Å². The number of amides is 1. The first-order chi connectivity index (χ1) is 13.3. The molecule has 1 aromatic heterocycles. The molecule has 0 spiro atoms. The molecular weight excluding hydrogens is 350 g/mol. The fraction of sp³-hybridized carbons (Fsp3) is 0.227. The van der Waals surface area contributed by atoms with Crippen molar-refractivity contribution in [1.29, 1.82) is 0 Å². The Morgan fingerprint density at radius 3 is 2.18 bits per heavy atom. The monoisotopic (exact) mass is 375 g/mol. The zero-order valence-electron chi connectivity index (χ0n) is 16.9. The van der Waals surface area contributed by atoms with Gasteiger partial charge in [-0.3, -0.25) is 4.79 Å². The number of hydrogen-bond donors (Lipinski definition) is 2. The normalized spacial score (nSPS) is 10.5. The average molecular weight is 375 g/mol. The molecule has 0 atom stereocenters. The van der Waals surface area contributed by atoms with Crippen LogP contribution >= 0.6 is 0 Å². The van der Waals surface area contributed by atoms with Crippen molar-refractivity contribution in [3.63, 3.8) is 0 Å². The molecule has 2 aromatic carbocycles. The number of benzene rings is 2. The Morgan fingerprint density at radius 1 is 0.929 bits per heavy atom. The standard InChI is InChI=1S/C22H25N5O/c1-14-12-15(2)20(16(3)13-14)25-19-10-11-23-22(26-19)24-18-8-6-17(7-9-18)21(28)27(4)5/h6-13H,1-5H3,(H2,23,24,25,26). The van der Waals surface area contributed by atoms with Crippen LogP contribution in [0.15, 0.2) is 48.7 Å². The molecule has 0 radical (unpaired) electrons. The minimum absolute atomic E-state index is 0.0298. The molecule has 28 heavy (non-hydrogen) atoms. The van der Waals surface area contributed by atoms with Crippen molar-refractivity contribution in [2.75, 3.05) is 24.7 Å². The van der Waals surface area contributed by atoms with Crippen LogP contribution in [-0.2, 0) is 0 Å². The fourth-order valence-corrected chi connectivity index (χ4v) is 3.08. The summed E-state index contributed by atoms with van der Waals surface area (Å²) in [5.74, 6) is 1.17. The van der Waals surface area contributed by atoms with E-state index in [2.05, 4.69) is 53.5 Å². The Hall–Kier alpha value is -3.41. The second kappa shape index (κ2) is 8.08. The predicted molar refractivity (Wildman–Crippen MR) is 114 cm³/mol. The van der Waals surface area contributed by atoms with Crippen molar-refractivity contribution in [2.45, 2.75) is 20.8 Å². The number of aromatic nitrogens is 2. The summed E-state index contributed by atoms with van der Waals surface area (Å²) in [5, 5.41) is 6.57. The maximum atomic E-state index is 12.0. The van der Waals surface area contributed by atoms with Gasteiger partial charge < -0.3 is 15.5 Å². The lowest BCUT2D eigenvalue weighted by Crippen LogP contribution is -2.21. The van der Waals surface area contributed by atoms with Gasteiger partial charge in [-0.25, -0.2) is 4.98 Å². The van der Waals surface area contributed by atoms with E-state index >= 15 is 0 Å².